The SMILES string of the molecule is CCC1(C(=O)Nc2ccccc2)NN(O)N(C(C)=O)N1. The van der Waals surface area contributed by atoms with Gasteiger partial charge in [-0.2, -0.15) is 16.0 Å². The third-order valence-electron chi connectivity index (χ3n) is 3.02. The number of nitrogens with zero attached hydrogens (tertiary/aromatic N) is 2. The zero-order valence-corrected chi connectivity index (χ0v) is 11.3. The normalized spacial score (nSPS) is 22.9. The lowest BCUT2D eigenvalue weighted by atomic mass is 10.1. The van der Waals surface area contributed by atoms with Gasteiger partial charge < -0.3 is 5.32 Å². The Morgan fingerprint density at radius 3 is 2.45 bits per heavy atom. The van der Waals surface area contributed by atoms with Crippen LogP contribution in [-0.2, 0) is 9.59 Å². The van der Waals surface area contributed by atoms with Crippen molar-refractivity contribution in [3.05, 3.63) is 30.3 Å². The summed E-state index contributed by atoms with van der Waals surface area (Å²) in [5.41, 5.74) is 4.53. The predicted molar refractivity (Wildman–Crippen MR) is 70.5 cm³/mol. The minimum absolute atomic E-state index is 0.312. The lowest BCUT2D eigenvalue weighted by molar-refractivity contribution is -0.253. The van der Waals surface area contributed by atoms with Gasteiger partial charge in [-0.25, -0.2) is 0 Å². The number of nitrogens with one attached hydrogen (secondary N) is 3. The van der Waals surface area contributed by atoms with Crippen LogP contribution in [0.15, 0.2) is 30.3 Å². The van der Waals surface area contributed by atoms with Crippen molar-refractivity contribution in [2.45, 2.75) is 25.9 Å². The quantitative estimate of drug-likeness (QED) is 0.631. The van der Waals surface area contributed by atoms with E-state index < -0.39 is 17.5 Å². The van der Waals surface area contributed by atoms with E-state index in [1.807, 2.05) is 6.07 Å². The van der Waals surface area contributed by atoms with Crippen molar-refractivity contribution in [1.29, 1.82) is 0 Å². The van der Waals surface area contributed by atoms with E-state index in [9.17, 15) is 14.8 Å². The Morgan fingerprint density at radius 2 is 1.95 bits per heavy atom. The molecule has 0 saturated carbocycles. The minimum Gasteiger partial charge on any atom is -0.323 e. The molecule has 1 aliphatic rings. The van der Waals surface area contributed by atoms with Crippen LogP contribution in [0.2, 0.25) is 0 Å². The average molecular weight is 279 g/mol. The Balaban J connectivity index is 2.16. The number of para-hydroxylation sites is 1. The number of amides is 2. The first kappa shape index (κ1) is 14.4. The third kappa shape index (κ3) is 2.63. The van der Waals surface area contributed by atoms with E-state index in [0.717, 1.165) is 5.12 Å². The van der Waals surface area contributed by atoms with Crippen LogP contribution >= 0.6 is 0 Å². The highest BCUT2D eigenvalue weighted by atomic mass is 16.6. The van der Waals surface area contributed by atoms with E-state index >= 15 is 0 Å². The first-order valence-corrected chi connectivity index (χ1v) is 6.20. The van der Waals surface area contributed by atoms with Crippen LogP contribution in [-0.4, -0.2) is 33.1 Å². The molecule has 1 heterocycles. The van der Waals surface area contributed by atoms with Gasteiger partial charge in [-0.15, -0.1) is 0 Å². The van der Waals surface area contributed by atoms with Crippen LogP contribution < -0.4 is 16.2 Å². The number of hydrogen-bond acceptors (Lipinski definition) is 6. The predicted octanol–water partition coefficient (Wildman–Crippen LogP) is 0.209. The average Bonchev–Trinajstić information content (AvgIpc) is 2.78. The Hall–Kier alpha value is -2.00. The fourth-order valence-corrected chi connectivity index (χ4v) is 1.87. The number of carbonyl (C=O) groups is 2. The summed E-state index contributed by atoms with van der Waals surface area (Å²) in [7, 11) is 0. The standard InChI is InChI=1S/C12H17N5O3/c1-3-12(14-16(9(2)18)17(20)15-12)11(19)13-10-7-5-4-6-8-10/h4-8,14-15,20H,3H2,1-2H3,(H,13,19). The molecule has 1 aromatic rings. The molecule has 0 aliphatic carbocycles. The topological polar surface area (TPSA) is 96.9 Å². The summed E-state index contributed by atoms with van der Waals surface area (Å²) in [5, 5.41) is 13.6. The maximum Gasteiger partial charge on any atom is 0.262 e. The van der Waals surface area contributed by atoms with E-state index in [0.29, 0.717) is 17.4 Å². The van der Waals surface area contributed by atoms with Crippen LogP contribution in [0.25, 0.3) is 0 Å². The zero-order valence-electron chi connectivity index (χ0n) is 11.3. The highest BCUT2D eigenvalue weighted by molar-refractivity contribution is 5.98. The van der Waals surface area contributed by atoms with Crippen LogP contribution in [0.1, 0.15) is 20.3 Å². The number of rotatable bonds is 3. The van der Waals surface area contributed by atoms with Gasteiger partial charge >= 0.3 is 0 Å². The molecule has 2 amide bonds. The molecule has 1 saturated heterocycles. The van der Waals surface area contributed by atoms with Gasteiger partial charge in [-0.3, -0.25) is 14.8 Å². The number of hydrogen-bond donors (Lipinski definition) is 4. The van der Waals surface area contributed by atoms with Crippen molar-refractivity contribution in [3.63, 3.8) is 0 Å². The molecule has 0 bridgehead atoms. The van der Waals surface area contributed by atoms with E-state index in [1.54, 1.807) is 31.2 Å². The summed E-state index contributed by atoms with van der Waals surface area (Å²) in [6.07, 6.45) is 0.312. The molecule has 0 aromatic heterocycles. The largest absolute Gasteiger partial charge is 0.323 e. The lowest BCUT2D eigenvalue weighted by Crippen LogP contribution is -2.60. The summed E-state index contributed by atoms with van der Waals surface area (Å²) in [5.74, 6) is -0.864. The van der Waals surface area contributed by atoms with Gasteiger partial charge in [0.25, 0.3) is 11.8 Å². The molecule has 1 atom stereocenters. The number of carbonyl (C=O) groups excluding carboxylic acids is 2. The van der Waals surface area contributed by atoms with Gasteiger partial charge in [0, 0.05) is 12.6 Å². The highest BCUT2D eigenvalue weighted by Gasteiger charge is 2.48. The van der Waals surface area contributed by atoms with Crippen molar-refractivity contribution in [2.75, 3.05) is 5.32 Å². The molecule has 1 aliphatic heterocycles. The van der Waals surface area contributed by atoms with Crippen molar-refractivity contribution < 1.29 is 14.8 Å². The Labute approximate surface area is 116 Å². The van der Waals surface area contributed by atoms with Crippen molar-refractivity contribution in [3.8, 4) is 0 Å². The second-order valence-corrected chi connectivity index (χ2v) is 4.42. The fraction of sp³-hybridized carbons (Fsp3) is 0.333. The molecule has 8 nitrogen and oxygen atoms in total. The first-order chi connectivity index (χ1) is 9.48. The second kappa shape index (κ2) is 5.55. The third-order valence-corrected chi connectivity index (χ3v) is 3.02. The van der Waals surface area contributed by atoms with Crippen LogP contribution in [0.5, 0.6) is 0 Å². The molecule has 1 unspecified atom stereocenters. The fourth-order valence-electron chi connectivity index (χ4n) is 1.87. The lowest BCUT2D eigenvalue weighted by Gasteiger charge is -2.25. The highest BCUT2D eigenvalue weighted by Crippen LogP contribution is 2.18. The molecular formula is C12H17N5O3. The summed E-state index contributed by atoms with van der Waals surface area (Å²) >= 11 is 0. The maximum absolute atomic E-state index is 12.4. The molecule has 0 radical (unpaired) electrons. The molecule has 108 valence electrons. The second-order valence-electron chi connectivity index (χ2n) is 4.42. The van der Waals surface area contributed by atoms with Gasteiger partial charge in [0.15, 0.2) is 5.66 Å². The molecule has 2 rings (SSSR count). The van der Waals surface area contributed by atoms with Crippen LogP contribution in [0, 0.1) is 0 Å². The van der Waals surface area contributed by atoms with Crippen molar-refractivity contribution in [2.24, 2.45) is 0 Å². The molecule has 0 spiro atoms. The zero-order chi connectivity index (χ0) is 14.8. The van der Waals surface area contributed by atoms with Gasteiger partial charge in [0.05, 0.1) is 0 Å². The Kier molecular flexibility index (Phi) is 4.00. The summed E-state index contributed by atoms with van der Waals surface area (Å²) in [6, 6.07) is 8.92. The smallest absolute Gasteiger partial charge is 0.262 e. The van der Waals surface area contributed by atoms with Gasteiger partial charge in [-0.05, 0) is 23.8 Å². The molecule has 1 aromatic carbocycles. The molecular weight excluding hydrogens is 262 g/mol. The van der Waals surface area contributed by atoms with Gasteiger partial charge in [0.1, 0.15) is 0 Å². The van der Waals surface area contributed by atoms with E-state index in [-0.39, 0.29) is 0 Å². The molecule has 20 heavy (non-hydrogen) atoms. The minimum atomic E-state index is -1.30. The summed E-state index contributed by atoms with van der Waals surface area (Å²) in [6.45, 7) is 3.01. The summed E-state index contributed by atoms with van der Waals surface area (Å²) < 4.78 is 0. The van der Waals surface area contributed by atoms with E-state index in [4.69, 9.17) is 0 Å². The molecule has 8 heteroatoms. The van der Waals surface area contributed by atoms with E-state index in [2.05, 4.69) is 16.2 Å². The number of anilines is 1. The first-order valence-electron chi connectivity index (χ1n) is 6.20. The van der Waals surface area contributed by atoms with Gasteiger partial charge in [-0.1, -0.05) is 25.1 Å². The Bertz CT molecular complexity index is 509. The van der Waals surface area contributed by atoms with Crippen LogP contribution in [0.3, 0.4) is 0 Å². The number of benzene rings is 1. The monoisotopic (exact) mass is 279 g/mol. The molecule has 1 fully saturated rings. The van der Waals surface area contributed by atoms with Crippen molar-refractivity contribution in [1.82, 2.24) is 21.3 Å². The number of hydrazine groups is 3. The summed E-state index contributed by atoms with van der Waals surface area (Å²) in [4.78, 5) is 23.7. The van der Waals surface area contributed by atoms with Crippen molar-refractivity contribution >= 4 is 17.5 Å². The van der Waals surface area contributed by atoms with Gasteiger partial charge in [0.2, 0.25) is 0 Å². The maximum atomic E-state index is 12.4. The van der Waals surface area contributed by atoms with Crippen LogP contribution in [0.4, 0.5) is 5.69 Å². The Morgan fingerprint density at radius 1 is 1.30 bits per heavy atom. The molecule has 4 N–H and O–H groups in total. The van der Waals surface area contributed by atoms with E-state index in [1.165, 1.54) is 6.92 Å².